The second kappa shape index (κ2) is 7.57. The van der Waals surface area contributed by atoms with E-state index in [1.165, 1.54) is 28.6 Å². The second-order valence-electron chi connectivity index (χ2n) is 6.42. The van der Waals surface area contributed by atoms with Crippen LogP contribution in [0.25, 0.3) is 0 Å². The molecular formula is C19H22N2O4S. The lowest BCUT2D eigenvalue weighted by Crippen LogP contribution is -2.48. The molecule has 1 aliphatic rings. The number of anilines is 1. The summed E-state index contributed by atoms with van der Waals surface area (Å²) in [7, 11) is -3.61. The van der Waals surface area contributed by atoms with Gasteiger partial charge in [-0.05, 0) is 50.2 Å². The molecule has 2 atom stereocenters. The number of carbonyl (C=O) groups is 1. The number of morpholine rings is 1. The van der Waals surface area contributed by atoms with Crippen LogP contribution in [0.2, 0.25) is 0 Å². The van der Waals surface area contributed by atoms with Gasteiger partial charge in [0.05, 0.1) is 17.1 Å². The fourth-order valence-corrected chi connectivity index (χ4v) is 4.57. The minimum Gasteiger partial charge on any atom is -0.373 e. The van der Waals surface area contributed by atoms with Gasteiger partial charge < -0.3 is 10.1 Å². The topological polar surface area (TPSA) is 75.7 Å². The Morgan fingerprint density at radius 3 is 2.15 bits per heavy atom. The largest absolute Gasteiger partial charge is 0.373 e. The van der Waals surface area contributed by atoms with Crippen molar-refractivity contribution in [1.29, 1.82) is 0 Å². The molecule has 0 bridgehead atoms. The fourth-order valence-electron chi connectivity index (χ4n) is 2.98. The van der Waals surface area contributed by atoms with Gasteiger partial charge in [0, 0.05) is 24.3 Å². The van der Waals surface area contributed by atoms with Crippen molar-refractivity contribution in [2.45, 2.75) is 31.0 Å². The van der Waals surface area contributed by atoms with E-state index in [-0.39, 0.29) is 23.0 Å². The van der Waals surface area contributed by atoms with Crippen LogP contribution in [0.4, 0.5) is 5.69 Å². The van der Waals surface area contributed by atoms with Crippen molar-refractivity contribution in [2.24, 2.45) is 0 Å². The van der Waals surface area contributed by atoms with Crippen molar-refractivity contribution in [1.82, 2.24) is 4.31 Å². The van der Waals surface area contributed by atoms with E-state index in [0.717, 1.165) is 0 Å². The number of hydrogen-bond acceptors (Lipinski definition) is 4. The summed E-state index contributed by atoms with van der Waals surface area (Å²) >= 11 is 0. The lowest BCUT2D eigenvalue weighted by atomic mass is 10.2. The lowest BCUT2D eigenvalue weighted by molar-refractivity contribution is -0.0440. The van der Waals surface area contributed by atoms with Crippen molar-refractivity contribution in [3.63, 3.8) is 0 Å². The van der Waals surface area contributed by atoms with E-state index in [9.17, 15) is 13.2 Å². The Bertz CT molecular complexity index is 856. The van der Waals surface area contributed by atoms with Crippen molar-refractivity contribution in [2.75, 3.05) is 18.4 Å². The molecule has 1 amide bonds. The van der Waals surface area contributed by atoms with Gasteiger partial charge in [-0.1, -0.05) is 18.2 Å². The predicted molar refractivity (Wildman–Crippen MR) is 99.6 cm³/mol. The fraction of sp³-hybridized carbons (Fsp3) is 0.316. The van der Waals surface area contributed by atoms with Gasteiger partial charge in [0.2, 0.25) is 10.0 Å². The normalized spacial score (nSPS) is 21.3. The third-order valence-corrected chi connectivity index (χ3v) is 6.02. The summed E-state index contributed by atoms with van der Waals surface area (Å²) in [5.41, 5.74) is 1.09. The molecule has 1 fully saturated rings. The molecular weight excluding hydrogens is 352 g/mol. The first-order valence-corrected chi connectivity index (χ1v) is 9.92. The van der Waals surface area contributed by atoms with Gasteiger partial charge in [-0.3, -0.25) is 4.79 Å². The average Bonchev–Trinajstić information content (AvgIpc) is 2.62. The molecule has 1 aliphatic heterocycles. The molecule has 3 rings (SSSR count). The quantitative estimate of drug-likeness (QED) is 0.893. The number of nitrogens with zero attached hydrogens (tertiary/aromatic N) is 1. The summed E-state index contributed by atoms with van der Waals surface area (Å²) in [4.78, 5) is 12.5. The molecule has 0 aromatic heterocycles. The maximum atomic E-state index is 12.8. The van der Waals surface area contributed by atoms with Crippen LogP contribution < -0.4 is 5.32 Å². The van der Waals surface area contributed by atoms with Crippen molar-refractivity contribution < 1.29 is 17.9 Å². The monoisotopic (exact) mass is 374 g/mol. The minimum absolute atomic E-state index is 0.149. The Balaban J connectivity index is 1.75. The number of para-hydroxylation sites is 1. The molecule has 1 N–H and O–H groups in total. The average molecular weight is 374 g/mol. The van der Waals surface area contributed by atoms with Gasteiger partial charge in [-0.25, -0.2) is 8.42 Å². The third kappa shape index (κ3) is 4.12. The molecule has 6 nitrogen and oxygen atoms in total. The number of nitrogens with one attached hydrogen (secondary N) is 1. The number of rotatable bonds is 4. The zero-order valence-corrected chi connectivity index (χ0v) is 15.6. The van der Waals surface area contributed by atoms with Crippen LogP contribution in [0, 0.1) is 0 Å². The Morgan fingerprint density at radius 1 is 1.00 bits per heavy atom. The summed E-state index contributed by atoms with van der Waals surface area (Å²) in [6.07, 6.45) is -0.297. The Kier molecular flexibility index (Phi) is 5.41. The molecule has 0 unspecified atom stereocenters. The number of benzene rings is 2. The standard InChI is InChI=1S/C19H22N2O4S/c1-14-12-21(13-15(2)25-14)26(23,24)18-10-8-16(9-11-18)19(22)20-17-6-4-3-5-7-17/h3-11,14-15H,12-13H2,1-2H3,(H,20,22)/t14-,15-/m1/s1. The van der Waals surface area contributed by atoms with Crippen LogP contribution in [0.15, 0.2) is 59.5 Å². The highest BCUT2D eigenvalue weighted by atomic mass is 32.2. The molecule has 1 heterocycles. The van der Waals surface area contributed by atoms with E-state index in [2.05, 4.69) is 5.32 Å². The summed E-state index contributed by atoms with van der Waals surface area (Å²) < 4.78 is 32.7. The number of hydrogen-bond donors (Lipinski definition) is 1. The molecule has 0 radical (unpaired) electrons. The van der Waals surface area contributed by atoms with Crippen LogP contribution in [0.3, 0.4) is 0 Å². The number of ether oxygens (including phenoxy) is 1. The van der Waals surface area contributed by atoms with E-state index >= 15 is 0 Å². The number of amides is 1. The summed E-state index contributed by atoms with van der Waals surface area (Å²) in [5, 5.41) is 2.78. The second-order valence-corrected chi connectivity index (χ2v) is 8.36. The van der Waals surface area contributed by atoms with E-state index in [4.69, 9.17) is 4.74 Å². The van der Waals surface area contributed by atoms with Gasteiger partial charge in [-0.2, -0.15) is 4.31 Å². The first-order valence-electron chi connectivity index (χ1n) is 8.48. The maximum absolute atomic E-state index is 12.8. The molecule has 7 heteroatoms. The molecule has 26 heavy (non-hydrogen) atoms. The van der Waals surface area contributed by atoms with E-state index in [1.807, 2.05) is 32.0 Å². The van der Waals surface area contributed by atoms with Crippen molar-refractivity contribution >= 4 is 21.6 Å². The predicted octanol–water partition coefficient (Wildman–Crippen LogP) is 2.74. The van der Waals surface area contributed by atoms with Crippen LogP contribution >= 0.6 is 0 Å². The molecule has 138 valence electrons. The van der Waals surface area contributed by atoms with Gasteiger partial charge >= 0.3 is 0 Å². The summed E-state index contributed by atoms with van der Waals surface area (Å²) in [6.45, 7) is 4.36. The van der Waals surface area contributed by atoms with Crippen LogP contribution in [-0.2, 0) is 14.8 Å². The van der Waals surface area contributed by atoms with E-state index in [0.29, 0.717) is 24.3 Å². The first kappa shape index (κ1) is 18.6. The molecule has 0 saturated carbocycles. The van der Waals surface area contributed by atoms with Crippen molar-refractivity contribution in [3.8, 4) is 0 Å². The highest BCUT2D eigenvalue weighted by Crippen LogP contribution is 2.21. The highest BCUT2D eigenvalue weighted by molar-refractivity contribution is 7.89. The Hall–Kier alpha value is -2.22. The smallest absolute Gasteiger partial charge is 0.255 e. The van der Waals surface area contributed by atoms with E-state index in [1.54, 1.807) is 12.1 Å². The van der Waals surface area contributed by atoms with E-state index < -0.39 is 10.0 Å². The Morgan fingerprint density at radius 2 is 1.58 bits per heavy atom. The molecule has 0 aliphatic carbocycles. The molecule has 2 aromatic rings. The van der Waals surface area contributed by atoms with Crippen molar-refractivity contribution in [3.05, 3.63) is 60.2 Å². The zero-order valence-electron chi connectivity index (χ0n) is 14.8. The zero-order chi connectivity index (χ0) is 18.7. The maximum Gasteiger partial charge on any atom is 0.255 e. The Labute approximate surface area is 153 Å². The third-order valence-electron chi connectivity index (χ3n) is 4.17. The highest BCUT2D eigenvalue weighted by Gasteiger charge is 2.32. The van der Waals surface area contributed by atoms with Gasteiger partial charge in [0.1, 0.15) is 0 Å². The molecule has 0 spiro atoms. The van der Waals surface area contributed by atoms with Gasteiger partial charge in [0.15, 0.2) is 0 Å². The summed E-state index contributed by atoms with van der Waals surface area (Å²) in [5.74, 6) is -0.284. The minimum atomic E-state index is -3.61. The van der Waals surface area contributed by atoms with Gasteiger partial charge in [-0.15, -0.1) is 0 Å². The SMILES string of the molecule is C[C@@H]1CN(S(=O)(=O)c2ccc(C(=O)Nc3ccccc3)cc2)C[C@@H](C)O1. The van der Waals surface area contributed by atoms with Crippen LogP contribution in [-0.4, -0.2) is 43.9 Å². The number of sulfonamides is 1. The van der Waals surface area contributed by atoms with Crippen LogP contribution in [0.5, 0.6) is 0 Å². The molecule has 2 aromatic carbocycles. The molecule has 1 saturated heterocycles. The lowest BCUT2D eigenvalue weighted by Gasteiger charge is -2.34. The summed E-state index contributed by atoms with van der Waals surface area (Å²) in [6, 6.07) is 15.1. The first-order chi connectivity index (χ1) is 12.4. The van der Waals surface area contributed by atoms with Gasteiger partial charge in [0.25, 0.3) is 5.91 Å². The van der Waals surface area contributed by atoms with Crippen LogP contribution in [0.1, 0.15) is 24.2 Å². The number of carbonyl (C=O) groups excluding carboxylic acids is 1.